The van der Waals surface area contributed by atoms with Gasteiger partial charge < -0.3 is 15.4 Å². The second kappa shape index (κ2) is 7.12. The average Bonchev–Trinajstić information content (AvgIpc) is 3.14. The maximum absolute atomic E-state index is 13.7. The number of ketones is 1. The fourth-order valence-electron chi connectivity index (χ4n) is 2.56. The number of esters is 1. The van der Waals surface area contributed by atoms with Gasteiger partial charge in [0.2, 0.25) is 0 Å². The molecule has 8 heteroatoms. The lowest BCUT2D eigenvalue weighted by atomic mass is 9.91. The molecule has 5 nitrogen and oxygen atoms in total. The van der Waals surface area contributed by atoms with Gasteiger partial charge in [0.05, 0.1) is 29.3 Å². The highest BCUT2D eigenvalue weighted by Gasteiger charge is 2.36. The molecule has 1 aliphatic rings. The highest BCUT2D eigenvalue weighted by Crippen LogP contribution is 2.33. The molecule has 1 atom stereocenters. The Morgan fingerprint density at radius 3 is 2.72 bits per heavy atom. The maximum Gasteiger partial charge on any atom is 0.379 e. The first-order valence-electron chi connectivity index (χ1n) is 7.25. The molecular weight excluding hydrogens is 363 g/mol. The summed E-state index contributed by atoms with van der Waals surface area (Å²) in [5.74, 6) is -2.27. The highest BCUT2D eigenvalue weighted by molar-refractivity contribution is 7.80. The fraction of sp³-hybridized carbons (Fsp3) is 0.118. The van der Waals surface area contributed by atoms with Gasteiger partial charge in [-0.3, -0.25) is 4.79 Å². The number of ether oxygens (including phenoxy) is 1. The lowest BCUT2D eigenvalue weighted by molar-refractivity contribution is -0.150. The first-order chi connectivity index (χ1) is 12.0. The predicted molar refractivity (Wildman–Crippen MR) is 96.3 cm³/mol. The van der Waals surface area contributed by atoms with Crippen LogP contribution in [-0.4, -0.2) is 24.0 Å². The number of hydrogen-bond acceptors (Lipinski definition) is 5. The first kappa shape index (κ1) is 17.2. The topological polar surface area (TPSA) is 67.4 Å². The number of thiophene rings is 1. The van der Waals surface area contributed by atoms with Gasteiger partial charge in [-0.05, 0) is 41.4 Å². The van der Waals surface area contributed by atoms with E-state index in [2.05, 4.69) is 15.4 Å². The van der Waals surface area contributed by atoms with Gasteiger partial charge in [0, 0.05) is 0 Å². The minimum Gasteiger partial charge on any atom is -0.463 e. The van der Waals surface area contributed by atoms with Gasteiger partial charge in [0.1, 0.15) is 5.82 Å². The summed E-state index contributed by atoms with van der Waals surface area (Å²) < 4.78 is 18.3. The van der Waals surface area contributed by atoms with E-state index in [1.165, 1.54) is 29.5 Å². The molecule has 0 amide bonds. The number of Topliss-reactive ketones (excluding diaryl/α,β-unsaturated/α-hetero) is 1. The number of hydrogen-bond donors (Lipinski definition) is 2. The van der Waals surface area contributed by atoms with E-state index in [1.54, 1.807) is 12.1 Å². The van der Waals surface area contributed by atoms with Crippen molar-refractivity contribution in [2.24, 2.45) is 0 Å². The summed E-state index contributed by atoms with van der Waals surface area (Å²) in [6, 6.07) is 8.63. The third-order valence-corrected chi connectivity index (χ3v) is 4.74. The largest absolute Gasteiger partial charge is 0.463 e. The van der Waals surface area contributed by atoms with Crippen LogP contribution in [0, 0.1) is 5.82 Å². The minimum atomic E-state index is -0.998. The van der Waals surface area contributed by atoms with Crippen LogP contribution in [0.5, 0.6) is 0 Å². The van der Waals surface area contributed by atoms with Crippen LogP contribution < -0.4 is 10.6 Å². The monoisotopic (exact) mass is 376 g/mol. The van der Waals surface area contributed by atoms with Crippen molar-refractivity contribution in [3.63, 3.8) is 0 Å². The van der Waals surface area contributed by atoms with E-state index in [4.69, 9.17) is 12.2 Å². The van der Waals surface area contributed by atoms with Gasteiger partial charge in [0.25, 0.3) is 5.78 Å². The fourth-order valence-corrected chi connectivity index (χ4v) is 3.52. The lowest BCUT2D eigenvalue weighted by Crippen LogP contribution is -2.45. The Labute approximate surface area is 152 Å². The molecule has 2 heterocycles. The third-order valence-electron chi connectivity index (χ3n) is 3.64. The molecule has 3 rings (SSSR count). The molecule has 2 aromatic rings. The number of rotatable bonds is 4. The average molecular weight is 376 g/mol. The van der Waals surface area contributed by atoms with Crippen LogP contribution in [0.25, 0.3) is 5.70 Å². The second-order valence-electron chi connectivity index (χ2n) is 5.17. The summed E-state index contributed by atoms with van der Waals surface area (Å²) in [5.41, 5.74) is 1.03. The van der Waals surface area contributed by atoms with Gasteiger partial charge in [-0.2, -0.15) is 0 Å². The molecule has 0 fully saturated rings. The van der Waals surface area contributed by atoms with E-state index >= 15 is 0 Å². The predicted octanol–water partition coefficient (Wildman–Crippen LogP) is 2.56. The van der Waals surface area contributed by atoms with Crippen LogP contribution in [0.2, 0.25) is 0 Å². The number of halogens is 1. The quantitative estimate of drug-likeness (QED) is 0.486. The Kier molecular flexibility index (Phi) is 4.91. The van der Waals surface area contributed by atoms with Crippen LogP contribution in [0.1, 0.15) is 16.5 Å². The Morgan fingerprint density at radius 2 is 2.08 bits per heavy atom. The molecule has 1 aliphatic heterocycles. The van der Waals surface area contributed by atoms with Crippen LogP contribution in [-0.2, 0) is 14.3 Å². The van der Waals surface area contributed by atoms with Crippen molar-refractivity contribution in [3.05, 3.63) is 63.6 Å². The first-order valence-corrected chi connectivity index (χ1v) is 8.53. The van der Waals surface area contributed by atoms with Crippen molar-refractivity contribution in [2.75, 3.05) is 7.11 Å². The molecule has 0 aliphatic carbocycles. The zero-order valence-corrected chi connectivity index (χ0v) is 14.7. The van der Waals surface area contributed by atoms with Crippen molar-refractivity contribution >= 4 is 46.1 Å². The summed E-state index contributed by atoms with van der Waals surface area (Å²) in [4.78, 5) is 25.3. The second-order valence-corrected chi connectivity index (χ2v) is 6.53. The summed E-state index contributed by atoms with van der Waals surface area (Å²) in [6.45, 7) is 0. The molecule has 0 bridgehead atoms. The molecule has 25 heavy (non-hydrogen) atoms. The number of nitrogens with one attached hydrogen (secondary N) is 2. The van der Waals surface area contributed by atoms with E-state index < -0.39 is 23.6 Å². The molecule has 0 saturated carbocycles. The summed E-state index contributed by atoms with van der Waals surface area (Å²) in [6.07, 6.45) is 0. The summed E-state index contributed by atoms with van der Waals surface area (Å²) >= 11 is 6.61. The van der Waals surface area contributed by atoms with E-state index in [0.29, 0.717) is 11.3 Å². The number of carbonyl (C=O) groups excluding carboxylic acids is 2. The molecule has 0 radical (unpaired) electrons. The zero-order chi connectivity index (χ0) is 18.0. The van der Waals surface area contributed by atoms with Crippen molar-refractivity contribution < 1.29 is 18.7 Å². The standard InChI is InChI=1S/C17H13FN2O3S2/c1-23-16(22)15(21)12-13(9-4-2-5-10(18)8-9)19-17(24)20-14(12)11-6-3-7-25-11/h2-8,13H,1H3,(H2,19,20,24)/t13-/m0/s1. The number of benzene rings is 1. The summed E-state index contributed by atoms with van der Waals surface area (Å²) in [7, 11) is 1.14. The van der Waals surface area contributed by atoms with Crippen LogP contribution >= 0.6 is 23.6 Å². The van der Waals surface area contributed by atoms with E-state index in [-0.39, 0.29) is 10.7 Å². The molecule has 0 saturated heterocycles. The molecule has 128 valence electrons. The molecular formula is C17H13FN2O3S2. The zero-order valence-electron chi connectivity index (χ0n) is 13.0. The Hall–Kier alpha value is -2.58. The molecule has 0 spiro atoms. The smallest absolute Gasteiger partial charge is 0.379 e. The molecule has 1 aromatic heterocycles. The lowest BCUT2D eigenvalue weighted by Gasteiger charge is -2.30. The van der Waals surface area contributed by atoms with Gasteiger partial charge in [-0.25, -0.2) is 9.18 Å². The van der Waals surface area contributed by atoms with Crippen molar-refractivity contribution in [1.82, 2.24) is 10.6 Å². The Bertz CT molecular complexity index is 878. The van der Waals surface area contributed by atoms with Crippen LogP contribution in [0.3, 0.4) is 0 Å². The molecule has 1 aromatic carbocycles. The molecule has 0 unspecified atom stereocenters. The van der Waals surface area contributed by atoms with E-state index in [1.807, 2.05) is 11.4 Å². The van der Waals surface area contributed by atoms with Gasteiger partial charge in [-0.1, -0.05) is 18.2 Å². The summed E-state index contributed by atoms with van der Waals surface area (Å²) in [5, 5.41) is 7.98. The molecule has 2 N–H and O–H groups in total. The van der Waals surface area contributed by atoms with Crippen LogP contribution in [0.15, 0.2) is 47.4 Å². The SMILES string of the molecule is COC(=O)C(=O)C1=C(c2cccs2)NC(=S)N[C@H]1c1cccc(F)c1. The Morgan fingerprint density at radius 1 is 1.28 bits per heavy atom. The highest BCUT2D eigenvalue weighted by atomic mass is 32.1. The van der Waals surface area contributed by atoms with Crippen LogP contribution in [0.4, 0.5) is 4.39 Å². The van der Waals surface area contributed by atoms with Gasteiger partial charge >= 0.3 is 5.97 Å². The van der Waals surface area contributed by atoms with E-state index in [9.17, 15) is 14.0 Å². The number of thiocarbonyl (C=S) groups is 1. The van der Waals surface area contributed by atoms with Crippen molar-refractivity contribution in [2.45, 2.75) is 6.04 Å². The van der Waals surface area contributed by atoms with Gasteiger partial charge in [0.15, 0.2) is 5.11 Å². The third kappa shape index (κ3) is 3.45. The Balaban J connectivity index is 2.21. The van der Waals surface area contributed by atoms with E-state index in [0.717, 1.165) is 12.0 Å². The normalized spacial score (nSPS) is 16.9. The van der Waals surface area contributed by atoms with Gasteiger partial charge in [-0.15, -0.1) is 11.3 Å². The van der Waals surface area contributed by atoms with Crippen molar-refractivity contribution in [1.29, 1.82) is 0 Å². The maximum atomic E-state index is 13.7. The number of methoxy groups -OCH3 is 1. The minimum absolute atomic E-state index is 0.133. The van der Waals surface area contributed by atoms with Crippen molar-refractivity contribution in [3.8, 4) is 0 Å². The number of carbonyl (C=O) groups is 2.